The molecule has 16 heavy (non-hydrogen) atoms. The Morgan fingerprint density at radius 2 is 2.00 bits per heavy atom. The highest BCUT2D eigenvalue weighted by atomic mass is 19.1. The third-order valence-corrected chi connectivity index (χ3v) is 3.34. The van der Waals surface area contributed by atoms with E-state index < -0.39 is 0 Å². The number of hydrogen-bond acceptors (Lipinski definition) is 1. The van der Waals surface area contributed by atoms with Crippen molar-refractivity contribution < 1.29 is 9.13 Å². The summed E-state index contributed by atoms with van der Waals surface area (Å²) >= 11 is 0. The molecule has 1 fully saturated rings. The van der Waals surface area contributed by atoms with Gasteiger partial charge in [-0.15, -0.1) is 0 Å². The second-order valence-corrected chi connectivity index (χ2v) is 4.72. The Balaban J connectivity index is 1.88. The van der Waals surface area contributed by atoms with E-state index in [1.165, 1.54) is 44.2 Å². The van der Waals surface area contributed by atoms with Gasteiger partial charge < -0.3 is 4.74 Å². The standard InChI is InChI=1S/C14H19FO/c1-11-9-13(15)7-8-14(11)16-10-12-5-3-2-4-6-12/h7-9,12H,2-6,10H2,1H3. The molecule has 2 heteroatoms. The lowest BCUT2D eigenvalue weighted by Crippen LogP contribution is -2.15. The van der Waals surface area contributed by atoms with Crippen molar-refractivity contribution in [2.45, 2.75) is 39.0 Å². The van der Waals surface area contributed by atoms with Crippen molar-refractivity contribution in [3.8, 4) is 5.75 Å². The van der Waals surface area contributed by atoms with Crippen LogP contribution in [-0.2, 0) is 0 Å². The van der Waals surface area contributed by atoms with Gasteiger partial charge in [-0.25, -0.2) is 4.39 Å². The van der Waals surface area contributed by atoms with Gasteiger partial charge in [-0.1, -0.05) is 19.3 Å². The minimum atomic E-state index is -0.192. The molecule has 0 bridgehead atoms. The lowest BCUT2D eigenvalue weighted by molar-refractivity contribution is 0.207. The van der Waals surface area contributed by atoms with E-state index >= 15 is 0 Å². The van der Waals surface area contributed by atoms with Gasteiger partial charge in [-0.2, -0.15) is 0 Å². The van der Waals surface area contributed by atoms with Crippen LogP contribution in [0.1, 0.15) is 37.7 Å². The fourth-order valence-corrected chi connectivity index (χ4v) is 2.34. The van der Waals surface area contributed by atoms with E-state index in [4.69, 9.17) is 4.74 Å². The molecule has 1 aliphatic carbocycles. The van der Waals surface area contributed by atoms with Crippen molar-refractivity contribution in [2.24, 2.45) is 5.92 Å². The van der Waals surface area contributed by atoms with Crippen LogP contribution in [0.5, 0.6) is 5.75 Å². The van der Waals surface area contributed by atoms with Crippen LogP contribution < -0.4 is 4.74 Å². The molecule has 2 rings (SSSR count). The Morgan fingerprint density at radius 1 is 1.25 bits per heavy atom. The molecule has 0 amide bonds. The summed E-state index contributed by atoms with van der Waals surface area (Å²) in [7, 11) is 0. The Bertz CT molecular complexity index is 343. The average Bonchev–Trinajstić information content (AvgIpc) is 2.29. The topological polar surface area (TPSA) is 9.23 Å². The third kappa shape index (κ3) is 2.97. The van der Waals surface area contributed by atoms with Crippen molar-refractivity contribution in [1.29, 1.82) is 0 Å². The highest BCUT2D eigenvalue weighted by Gasteiger charge is 2.14. The minimum absolute atomic E-state index is 0.192. The molecule has 0 unspecified atom stereocenters. The summed E-state index contributed by atoms with van der Waals surface area (Å²) in [4.78, 5) is 0. The fourth-order valence-electron chi connectivity index (χ4n) is 2.34. The first-order valence-electron chi connectivity index (χ1n) is 6.14. The van der Waals surface area contributed by atoms with E-state index in [2.05, 4.69) is 0 Å². The van der Waals surface area contributed by atoms with Gasteiger partial charge in [-0.05, 0) is 49.4 Å². The molecule has 0 aliphatic heterocycles. The van der Waals surface area contributed by atoms with Gasteiger partial charge in [0.15, 0.2) is 0 Å². The Morgan fingerprint density at radius 3 is 2.69 bits per heavy atom. The van der Waals surface area contributed by atoms with Crippen molar-refractivity contribution in [1.82, 2.24) is 0 Å². The van der Waals surface area contributed by atoms with E-state index in [1.807, 2.05) is 6.92 Å². The molecule has 0 N–H and O–H groups in total. The van der Waals surface area contributed by atoms with Crippen LogP contribution in [0, 0.1) is 18.7 Å². The predicted molar refractivity (Wildman–Crippen MR) is 63.2 cm³/mol. The van der Waals surface area contributed by atoms with Gasteiger partial charge in [0.25, 0.3) is 0 Å². The van der Waals surface area contributed by atoms with E-state index in [0.717, 1.165) is 17.9 Å². The SMILES string of the molecule is Cc1cc(F)ccc1OCC1CCCCC1. The first-order valence-corrected chi connectivity index (χ1v) is 6.14. The summed E-state index contributed by atoms with van der Waals surface area (Å²) in [6, 6.07) is 4.72. The number of benzene rings is 1. The maximum Gasteiger partial charge on any atom is 0.123 e. The number of aryl methyl sites for hydroxylation is 1. The molecular formula is C14H19FO. The number of halogens is 1. The van der Waals surface area contributed by atoms with Crippen molar-refractivity contribution in [3.63, 3.8) is 0 Å². The monoisotopic (exact) mass is 222 g/mol. The van der Waals surface area contributed by atoms with Gasteiger partial charge in [0.05, 0.1) is 6.61 Å². The van der Waals surface area contributed by atoms with Gasteiger partial charge in [-0.3, -0.25) is 0 Å². The van der Waals surface area contributed by atoms with E-state index in [1.54, 1.807) is 6.07 Å². The summed E-state index contributed by atoms with van der Waals surface area (Å²) < 4.78 is 18.7. The molecule has 1 aromatic rings. The molecule has 0 aromatic heterocycles. The van der Waals surface area contributed by atoms with E-state index in [-0.39, 0.29) is 5.82 Å². The third-order valence-electron chi connectivity index (χ3n) is 3.34. The van der Waals surface area contributed by atoms with E-state index in [0.29, 0.717) is 5.92 Å². The lowest BCUT2D eigenvalue weighted by atomic mass is 9.90. The summed E-state index contributed by atoms with van der Waals surface area (Å²) in [6.45, 7) is 2.67. The summed E-state index contributed by atoms with van der Waals surface area (Å²) in [5, 5.41) is 0. The Kier molecular flexibility index (Phi) is 3.81. The molecule has 0 spiro atoms. The second-order valence-electron chi connectivity index (χ2n) is 4.72. The van der Waals surface area contributed by atoms with Crippen molar-refractivity contribution >= 4 is 0 Å². The van der Waals surface area contributed by atoms with Crippen LogP contribution in [0.25, 0.3) is 0 Å². The first-order chi connectivity index (χ1) is 7.75. The predicted octanol–water partition coefficient (Wildman–Crippen LogP) is 4.09. The first kappa shape index (κ1) is 11.4. The maximum absolute atomic E-state index is 12.9. The van der Waals surface area contributed by atoms with Gasteiger partial charge >= 0.3 is 0 Å². The summed E-state index contributed by atoms with van der Waals surface area (Å²) in [5.41, 5.74) is 0.885. The zero-order valence-electron chi connectivity index (χ0n) is 9.84. The number of hydrogen-bond donors (Lipinski definition) is 0. The summed E-state index contributed by atoms with van der Waals surface area (Å²) in [5.74, 6) is 1.33. The fraction of sp³-hybridized carbons (Fsp3) is 0.571. The molecule has 0 atom stereocenters. The Labute approximate surface area is 96.6 Å². The lowest BCUT2D eigenvalue weighted by Gasteiger charge is -2.22. The average molecular weight is 222 g/mol. The number of ether oxygens (including phenoxy) is 1. The quantitative estimate of drug-likeness (QED) is 0.748. The molecule has 1 aliphatic rings. The van der Waals surface area contributed by atoms with E-state index in [9.17, 15) is 4.39 Å². The normalized spacial score (nSPS) is 17.4. The zero-order chi connectivity index (χ0) is 11.4. The van der Waals surface area contributed by atoms with Gasteiger partial charge in [0.1, 0.15) is 11.6 Å². The van der Waals surface area contributed by atoms with Crippen LogP contribution in [0.2, 0.25) is 0 Å². The van der Waals surface area contributed by atoms with Gasteiger partial charge in [0, 0.05) is 0 Å². The second kappa shape index (κ2) is 5.33. The zero-order valence-corrected chi connectivity index (χ0v) is 9.84. The highest BCUT2D eigenvalue weighted by Crippen LogP contribution is 2.25. The van der Waals surface area contributed by atoms with Crippen LogP contribution in [0.15, 0.2) is 18.2 Å². The molecule has 0 radical (unpaired) electrons. The highest BCUT2D eigenvalue weighted by molar-refractivity contribution is 5.32. The smallest absolute Gasteiger partial charge is 0.123 e. The van der Waals surface area contributed by atoms with Gasteiger partial charge in [0.2, 0.25) is 0 Å². The summed E-state index contributed by atoms with van der Waals surface area (Å²) in [6.07, 6.45) is 6.58. The molecule has 1 saturated carbocycles. The molecule has 0 saturated heterocycles. The maximum atomic E-state index is 12.9. The van der Waals surface area contributed by atoms with Crippen LogP contribution in [0.3, 0.4) is 0 Å². The Hall–Kier alpha value is -1.05. The van der Waals surface area contributed by atoms with Crippen LogP contribution in [-0.4, -0.2) is 6.61 Å². The molecule has 1 nitrogen and oxygen atoms in total. The molecule has 1 aromatic carbocycles. The van der Waals surface area contributed by atoms with Crippen molar-refractivity contribution in [2.75, 3.05) is 6.61 Å². The minimum Gasteiger partial charge on any atom is -0.493 e. The van der Waals surface area contributed by atoms with Crippen LogP contribution in [0.4, 0.5) is 4.39 Å². The van der Waals surface area contributed by atoms with Crippen molar-refractivity contribution in [3.05, 3.63) is 29.6 Å². The molecule has 88 valence electrons. The number of rotatable bonds is 3. The molecular weight excluding hydrogens is 203 g/mol. The molecule has 0 heterocycles. The largest absolute Gasteiger partial charge is 0.493 e. The van der Waals surface area contributed by atoms with Crippen LogP contribution >= 0.6 is 0 Å².